The molecule has 1 unspecified atom stereocenters. The van der Waals surface area contributed by atoms with Gasteiger partial charge in [-0.3, -0.25) is 4.79 Å². The molecule has 0 fully saturated rings. The first kappa shape index (κ1) is 10.1. The number of carbonyl (C=O) groups excluding carboxylic acids is 1. The number of carbonyl (C=O) groups is 1. The lowest BCUT2D eigenvalue weighted by Crippen LogP contribution is -2.26. The third-order valence-corrected chi connectivity index (χ3v) is 1.92. The van der Waals surface area contributed by atoms with Gasteiger partial charge in [0.2, 0.25) is 0 Å². The minimum atomic E-state index is -0.395. The van der Waals surface area contributed by atoms with Crippen LogP contribution in [0.4, 0.5) is 0 Å². The Morgan fingerprint density at radius 1 is 1.85 bits per heavy atom. The van der Waals surface area contributed by atoms with Gasteiger partial charge in [-0.15, -0.1) is 0 Å². The van der Waals surface area contributed by atoms with Crippen molar-refractivity contribution in [2.75, 3.05) is 6.54 Å². The molecule has 1 rings (SSSR count). The number of rotatable bonds is 4. The predicted octanol–water partition coefficient (Wildman–Crippen LogP) is 0.0388. The van der Waals surface area contributed by atoms with E-state index in [-0.39, 0.29) is 5.91 Å². The minimum absolute atomic E-state index is 0.241. The molecule has 1 atom stereocenters. The quantitative estimate of drug-likeness (QED) is 0.721. The third-order valence-electron chi connectivity index (χ3n) is 1.44. The van der Waals surface area contributed by atoms with Gasteiger partial charge in [0.05, 0.1) is 24.0 Å². The highest BCUT2D eigenvalue weighted by atomic mass is 32.1. The highest BCUT2D eigenvalue weighted by Crippen LogP contribution is 1.94. The molecule has 0 aliphatic carbocycles. The summed E-state index contributed by atoms with van der Waals surface area (Å²) in [5.74, 6) is -0.241. The van der Waals surface area contributed by atoms with E-state index in [4.69, 9.17) is 5.11 Å². The fourth-order valence-electron chi connectivity index (χ4n) is 0.750. The van der Waals surface area contributed by atoms with Crippen molar-refractivity contribution in [3.63, 3.8) is 0 Å². The van der Waals surface area contributed by atoms with E-state index >= 15 is 0 Å². The van der Waals surface area contributed by atoms with Crippen molar-refractivity contribution in [2.24, 2.45) is 0 Å². The summed E-state index contributed by atoms with van der Waals surface area (Å²) in [6.45, 7) is 2.13. The molecule has 13 heavy (non-hydrogen) atoms. The Balaban J connectivity index is 2.27. The predicted molar refractivity (Wildman–Crippen MR) is 48.5 cm³/mol. The number of aliphatic hydroxyl groups is 1. The Morgan fingerprint density at radius 2 is 2.62 bits per heavy atom. The highest BCUT2D eigenvalue weighted by molar-refractivity contribution is 6.99. The van der Waals surface area contributed by atoms with Gasteiger partial charge in [0.25, 0.3) is 5.91 Å². The van der Waals surface area contributed by atoms with Crippen molar-refractivity contribution in [1.29, 1.82) is 0 Å². The summed E-state index contributed by atoms with van der Waals surface area (Å²) in [5.41, 5.74) is 0.329. The Hall–Kier alpha value is -1.01. The standard InChI is InChI=1S/C7H11N3O2S/c1-5(11)2-3-8-7(12)6-4-9-13-10-6/h4-5,11H,2-3H2,1H3,(H,8,12). The molecular weight excluding hydrogens is 190 g/mol. The number of aliphatic hydroxyl groups excluding tert-OH is 1. The van der Waals surface area contributed by atoms with Crippen LogP contribution < -0.4 is 5.32 Å². The second-order valence-electron chi connectivity index (χ2n) is 2.69. The van der Waals surface area contributed by atoms with Gasteiger partial charge in [0, 0.05) is 6.54 Å². The molecule has 0 bridgehead atoms. The average Bonchev–Trinajstić information content (AvgIpc) is 2.55. The lowest BCUT2D eigenvalue weighted by atomic mass is 10.3. The highest BCUT2D eigenvalue weighted by Gasteiger charge is 2.07. The summed E-state index contributed by atoms with van der Waals surface area (Å²) in [6.07, 6.45) is 1.57. The van der Waals surface area contributed by atoms with Gasteiger partial charge in [-0.2, -0.15) is 8.75 Å². The van der Waals surface area contributed by atoms with Crippen LogP contribution in [0.2, 0.25) is 0 Å². The maximum absolute atomic E-state index is 11.2. The molecule has 5 nitrogen and oxygen atoms in total. The molecule has 1 aromatic rings. The molecule has 0 aromatic carbocycles. The molecule has 1 amide bonds. The van der Waals surface area contributed by atoms with Crippen LogP contribution in [0.1, 0.15) is 23.8 Å². The van der Waals surface area contributed by atoms with Crippen molar-refractivity contribution >= 4 is 17.6 Å². The number of hydrogen-bond acceptors (Lipinski definition) is 5. The molecule has 0 aliphatic rings. The molecular formula is C7H11N3O2S. The van der Waals surface area contributed by atoms with Crippen LogP contribution in [0.25, 0.3) is 0 Å². The third kappa shape index (κ3) is 3.47. The maximum atomic E-state index is 11.2. The molecule has 0 saturated heterocycles. The summed E-state index contributed by atoms with van der Waals surface area (Å²) < 4.78 is 7.48. The zero-order valence-electron chi connectivity index (χ0n) is 7.23. The monoisotopic (exact) mass is 201 g/mol. The second kappa shape index (κ2) is 4.88. The van der Waals surface area contributed by atoms with Gasteiger partial charge in [-0.1, -0.05) is 0 Å². The van der Waals surface area contributed by atoms with Crippen molar-refractivity contribution in [3.8, 4) is 0 Å². The number of nitrogens with zero attached hydrogens (tertiary/aromatic N) is 2. The van der Waals surface area contributed by atoms with Gasteiger partial charge < -0.3 is 10.4 Å². The van der Waals surface area contributed by atoms with Crippen LogP contribution in [0.5, 0.6) is 0 Å². The van der Waals surface area contributed by atoms with Crippen LogP contribution in [0.15, 0.2) is 6.20 Å². The van der Waals surface area contributed by atoms with E-state index in [0.29, 0.717) is 18.7 Å². The van der Waals surface area contributed by atoms with E-state index in [0.717, 1.165) is 11.7 Å². The fourth-order valence-corrected chi connectivity index (χ4v) is 1.16. The largest absolute Gasteiger partial charge is 0.393 e. The summed E-state index contributed by atoms with van der Waals surface area (Å²) >= 11 is 0.997. The summed E-state index contributed by atoms with van der Waals surface area (Å²) in [5, 5.41) is 11.5. The van der Waals surface area contributed by atoms with E-state index in [2.05, 4.69) is 14.1 Å². The molecule has 6 heteroatoms. The van der Waals surface area contributed by atoms with Crippen LogP contribution in [0, 0.1) is 0 Å². The smallest absolute Gasteiger partial charge is 0.272 e. The number of amides is 1. The summed E-state index contributed by atoms with van der Waals surface area (Å²) in [6, 6.07) is 0. The van der Waals surface area contributed by atoms with Gasteiger partial charge in [0.1, 0.15) is 0 Å². The first-order chi connectivity index (χ1) is 6.20. The van der Waals surface area contributed by atoms with Crippen molar-refractivity contribution < 1.29 is 9.90 Å². The van der Waals surface area contributed by atoms with E-state index in [1.165, 1.54) is 6.20 Å². The van der Waals surface area contributed by atoms with Crippen LogP contribution in [0.3, 0.4) is 0 Å². The molecule has 0 saturated carbocycles. The second-order valence-corrected chi connectivity index (χ2v) is 3.24. The minimum Gasteiger partial charge on any atom is -0.393 e. The lowest BCUT2D eigenvalue weighted by molar-refractivity contribution is 0.0941. The maximum Gasteiger partial charge on any atom is 0.272 e. The molecule has 0 spiro atoms. The molecule has 2 N–H and O–H groups in total. The number of hydrogen-bond donors (Lipinski definition) is 2. The number of aromatic nitrogens is 2. The normalized spacial score (nSPS) is 12.5. The number of nitrogens with one attached hydrogen (secondary N) is 1. The SMILES string of the molecule is CC(O)CCNC(=O)c1cnsn1. The first-order valence-electron chi connectivity index (χ1n) is 3.94. The van der Waals surface area contributed by atoms with Gasteiger partial charge in [-0.05, 0) is 13.3 Å². The van der Waals surface area contributed by atoms with E-state index in [9.17, 15) is 4.79 Å². The van der Waals surface area contributed by atoms with E-state index in [1.807, 2.05) is 0 Å². The van der Waals surface area contributed by atoms with Crippen LogP contribution >= 0.6 is 11.7 Å². The molecule has 0 radical (unpaired) electrons. The van der Waals surface area contributed by atoms with Gasteiger partial charge in [-0.25, -0.2) is 0 Å². The van der Waals surface area contributed by atoms with E-state index in [1.54, 1.807) is 6.92 Å². The van der Waals surface area contributed by atoms with E-state index < -0.39 is 6.10 Å². The zero-order valence-corrected chi connectivity index (χ0v) is 8.04. The van der Waals surface area contributed by atoms with Gasteiger partial charge >= 0.3 is 0 Å². The molecule has 72 valence electrons. The molecule has 1 heterocycles. The first-order valence-corrected chi connectivity index (χ1v) is 4.67. The topological polar surface area (TPSA) is 75.1 Å². The van der Waals surface area contributed by atoms with Crippen LogP contribution in [-0.4, -0.2) is 32.4 Å². The summed E-state index contributed by atoms with van der Waals surface area (Å²) in [7, 11) is 0. The molecule has 1 aromatic heterocycles. The van der Waals surface area contributed by atoms with Crippen molar-refractivity contribution in [1.82, 2.24) is 14.1 Å². The van der Waals surface area contributed by atoms with Gasteiger partial charge in [0.15, 0.2) is 5.69 Å². The Labute approximate surface area is 80.1 Å². The van der Waals surface area contributed by atoms with Crippen molar-refractivity contribution in [2.45, 2.75) is 19.4 Å². The Morgan fingerprint density at radius 3 is 3.15 bits per heavy atom. The summed E-state index contributed by atoms with van der Waals surface area (Å²) in [4.78, 5) is 11.2. The van der Waals surface area contributed by atoms with Crippen molar-refractivity contribution in [3.05, 3.63) is 11.9 Å². The molecule has 0 aliphatic heterocycles. The fraction of sp³-hybridized carbons (Fsp3) is 0.571. The Bertz CT molecular complexity index is 261. The van der Waals surface area contributed by atoms with Crippen LogP contribution in [-0.2, 0) is 0 Å². The average molecular weight is 201 g/mol. The lowest BCUT2D eigenvalue weighted by Gasteiger charge is -2.04. The Kier molecular flexibility index (Phi) is 3.78. The zero-order chi connectivity index (χ0) is 9.68.